The maximum atomic E-state index is 14.7. The Bertz CT molecular complexity index is 1850. The van der Waals surface area contributed by atoms with E-state index >= 15 is 0 Å². The lowest BCUT2D eigenvalue weighted by Crippen LogP contribution is -2.28. The smallest absolute Gasteiger partial charge is 0.158 e. The van der Waals surface area contributed by atoms with Crippen LogP contribution in [-0.4, -0.2) is 10.6 Å². The van der Waals surface area contributed by atoms with Crippen molar-refractivity contribution in [2.45, 2.75) is 12.0 Å². The topological polar surface area (TPSA) is 55.8 Å². The average molecular weight is 479 g/mol. The fraction of sp³-hybridized carbons (Fsp3) is 0.0625. The maximum absolute atomic E-state index is 14.7. The highest BCUT2D eigenvalue weighted by Gasteiger charge is 2.39. The number of hydrogen-bond donors (Lipinski definition) is 0. The number of aromatic nitrogens is 1. The molecule has 5 aromatic rings. The molecule has 0 fully saturated rings. The Balaban J connectivity index is 1.65. The van der Waals surface area contributed by atoms with Crippen LogP contribution in [0.5, 0.6) is 0 Å². The molecular weight excluding hydrogens is 459 g/mol. The Hall–Kier alpha value is -5.13. The lowest BCUT2D eigenvalue weighted by Gasteiger charge is -2.29. The highest BCUT2D eigenvalue weighted by Crippen LogP contribution is 2.52. The molecule has 0 N–H and O–H groups in total. The summed E-state index contributed by atoms with van der Waals surface area (Å²) in [5, 5.41) is 21.4. The predicted octanol–water partition coefficient (Wildman–Crippen LogP) is 7.40. The molecule has 0 saturated heterocycles. The monoisotopic (exact) mass is 478 g/mol. The standard InChI is InChI=1S/C32H19FN4/c33-30-20(18-34)16-23(17-21(30)19-35)37-29-13-7-5-11-25(29)27-15-14-26-24-10-4-6-12-28(24)36(31(26)32(27)37)22-8-2-1-3-9-22/h1-17,24,28H. The normalized spacial score (nSPS) is 17.5. The molecule has 0 radical (unpaired) electrons. The van der Waals surface area contributed by atoms with Crippen LogP contribution in [0.1, 0.15) is 22.6 Å². The molecule has 4 aromatic carbocycles. The second-order valence-corrected chi connectivity index (χ2v) is 9.32. The van der Waals surface area contributed by atoms with Gasteiger partial charge in [0.1, 0.15) is 12.1 Å². The number of anilines is 2. The number of rotatable bonds is 2. The minimum Gasteiger partial charge on any atom is -0.332 e. The Morgan fingerprint density at radius 2 is 1.43 bits per heavy atom. The summed E-state index contributed by atoms with van der Waals surface area (Å²) in [5.41, 5.74) is 5.55. The summed E-state index contributed by atoms with van der Waals surface area (Å²) in [6.45, 7) is 0. The van der Waals surface area contributed by atoms with Gasteiger partial charge in [-0.25, -0.2) is 4.39 Å². The molecule has 1 aliphatic heterocycles. The fourth-order valence-corrected chi connectivity index (χ4v) is 5.92. The minimum absolute atomic E-state index is 0.108. The summed E-state index contributed by atoms with van der Waals surface area (Å²) < 4.78 is 16.8. The Labute approximate surface area is 213 Å². The van der Waals surface area contributed by atoms with E-state index in [1.54, 1.807) is 0 Å². The molecule has 1 aliphatic carbocycles. The van der Waals surface area contributed by atoms with Crippen LogP contribution in [0.15, 0.2) is 103 Å². The highest BCUT2D eigenvalue weighted by atomic mass is 19.1. The third-order valence-corrected chi connectivity index (χ3v) is 7.44. The molecule has 2 unspecified atom stereocenters. The number of fused-ring (bicyclic) bond motifs is 7. The van der Waals surface area contributed by atoms with E-state index in [2.05, 4.69) is 64.1 Å². The summed E-state index contributed by atoms with van der Waals surface area (Å²) in [6, 6.07) is 29.8. The number of allylic oxidation sites excluding steroid dienone is 2. The summed E-state index contributed by atoms with van der Waals surface area (Å²) >= 11 is 0. The first-order valence-corrected chi connectivity index (χ1v) is 12.1. The van der Waals surface area contributed by atoms with E-state index in [4.69, 9.17) is 0 Å². The van der Waals surface area contributed by atoms with E-state index in [0.29, 0.717) is 5.69 Å². The van der Waals surface area contributed by atoms with Gasteiger partial charge in [-0.15, -0.1) is 0 Å². The van der Waals surface area contributed by atoms with Gasteiger partial charge in [0.05, 0.1) is 33.9 Å². The first-order chi connectivity index (χ1) is 18.2. The van der Waals surface area contributed by atoms with Crippen molar-refractivity contribution < 1.29 is 4.39 Å². The van der Waals surface area contributed by atoms with Crippen LogP contribution in [0.3, 0.4) is 0 Å². The van der Waals surface area contributed by atoms with E-state index < -0.39 is 5.82 Å². The zero-order chi connectivity index (χ0) is 25.1. The molecule has 0 amide bonds. The maximum Gasteiger partial charge on any atom is 0.158 e. The molecule has 5 heteroatoms. The molecule has 2 atom stereocenters. The van der Waals surface area contributed by atoms with Crippen LogP contribution in [0, 0.1) is 28.5 Å². The summed E-state index contributed by atoms with van der Waals surface area (Å²) in [5.74, 6) is -0.611. The van der Waals surface area contributed by atoms with Gasteiger partial charge in [-0.2, -0.15) is 10.5 Å². The molecule has 2 aliphatic rings. The van der Waals surface area contributed by atoms with Crippen molar-refractivity contribution in [3.05, 3.63) is 126 Å². The molecule has 7 rings (SSSR count). The van der Waals surface area contributed by atoms with Crippen molar-refractivity contribution in [3.8, 4) is 17.8 Å². The molecular formula is C32H19FN4. The van der Waals surface area contributed by atoms with Crippen molar-refractivity contribution in [1.82, 2.24) is 4.57 Å². The predicted molar refractivity (Wildman–Crippen MR) is 144 cm³/mol. The Kier molecular flexibility index (Phi) is 4.55. The molecule has 2 heterocycles. The second-order valence-electron chi connectivity index (χ2n) is 9.32. The summed E-state index contributed by atoms with van der Waals surface area (Å²) in [6.07, 6.45) is 8.66. The van der Waals surface area contributed by atoms with Gasteiger partial charge < -0.3 is 9.47 Å². The molecule has 0 bridgehead atoms. The van der Waals surface area contributed by atoms with Crippen molar-refractivity contribution in [2.75, 3.05) is 4.90 Å². The van der Waals surface area contributed by atoms with E-state index in [1.165, 1.54) is 17.7 Å². The van der Waals surface area contributed by atoms with Crippen LogP contribution < -0.4 is 4.90 Å². The van der Waals surface area contributed by atoms with Crippen molar-refractivity contribution >= 4 is 33.2 Å². The van der Waals surface area contributed by atoms with Gasteiger partial charge in [0.15, 0.2) is 5.82 Å². The molecule has 174 valence electrons. The molecule has 0 spiro atoms. The van der Waals surface area contributed by atoms with Crippen molar-refractivity contribution in [1.29, 1.82) is 10.5 Å². The van der Waals surface area contributed by atoms with Crippen LogP contribution in [0.4, 0.5) is 15.8 Å². The van der Waals surface area contributed by atoms with Gasteiger partial charge >= 0.3 is 0 Å². The summed E-state index contributed by atoms with van der Waals surface area (Å²) in [4.78, 5) is 2.37. The first-order valence-electron chi connectivity index (χ1n) is 12.1. The molecule has 4 nitrogen and oxygen atoms in total. The fourth-order valence-electron chi connectivity index (χ4n) is 5.92. The zero-order valence-corrected chi connectivity index (χ0v) is 19.6. The first kappa shape index (κ1) is 21.2. The van der Waals surface area contributed by atoms with Crippen molar-refractivity contribution in [3.63, 3.8) is 0 Å². The molecule has 37 heavy (non-hydrogen) atoms. The lowest BCUT2D eigenvalue weighted by molar-refractivity contribution is 0.619. The van der Waals surface area contributed by atoms with Gasteiger partial charge in [0.25, 0.3) is 0 Å². The number of nitriles is 2. The van der Waals surface area contributed by atoms with Crippen LogP contribution in [-0.2, 0) is 0 Å². The Morgan fingerprint density at radius 3 is 2.19 bits per heavy atom. The molecule has 0 saturated carbocycles. The van der Waals surface area contributed by atoms with Crippen LogP contribution in [0.2, 0.25) is 0 Å². The number of benzene rings is 4. The Morgan fingerprint density at radius 1 is 0.730 bits per heavy atom. The number of para-hydroxylation sites is 2. The van der Waals surface area contributed by atoms with E-state index in [9.17, 15) is 14.9 Å². The number of nitrogens with zero attached hydrogens (tertiary/aromatic N) is 4. The average Bonchev–Trinajstić information content (AvgIpc) is 3.47. The molecule has 1 aromatic heterocycles. The van der Waals surface area contributed by atoms with Gasteiger partial charge in [-0.1, -0.05) is 72.8 Å². The van der Waals surface area contributed by atoms with Crippen LogP contribution >= 0.6 is 0 Å². The summed E-state index contributed by atoms with van der Waals surface area (Å²) in [7, 11) is 0. The van der Waals surface area contributed by atoms with E-state index in [-0.39, 0.29) is 23.1 Å². The van der Waals surface area contributed by atoms with Gasteiger partial charge in [-0.05, 0) is 35.9 Å². The van der Waals surface area contributed by atoms with E-state index in [1.807, 2.05) is 48.5 Å². The highest BCUT2D eigenvalue weighted by molar-refractivity contribution is 6.15. The van der Waals surface area contributed by atoms with E-state index in [0.717, 1.165) is 33.2 Å². The third-order valence-electron chi connectivity index (χ3n) is 7.44. The third kappa shape index (κ3) is 2.92. The van der Waals surface area contributed by atoms with Crippen LogP contribution in [0.25, 0.3) is 27.5 Å². The van der Waals surface area contributed by atoms with Crippen molar-refractivity contribution in [2.24, 2.45) is 0 Å². The van der Waals surface area contributed by atoms with Gasteiger partial charge in [0, 0.05) is 28.1 Å². The number of halogens is 1. The SMILES string of the molecule is N#Cc1cc(-n2c3ccccc3c3ccc4c(c32)N(c2ccccc2)C2C=CC=CC42)cc(C#N)c1F. The minimum atomic E-state index is -0.785. The lowest BCUT2D eigenvalue weighted by atomic mass is 9.91. The largest absolute Gasteiger partial charge is 0.332 e. The zero-order valence-electron chi connectivity index (χ0n) is 19.6. The quantitative estimate of drug-likeness (QED) is 0.266. The number of hydrogen-bond acceptors (Lipinski definition) is 3. The second kappa shape index (κ2) is 7.95. The van der Waals surface area contributed by atoms with Gasteiger partial charge in [0.2, 0.25) is 0 Å². The van der Waals surface area contributed by atoms with Gasteiger partial charge in [-0.3, -0.25) is 0 Å².